The molecule has 0 saturated heterocycles. The molecular formula is C9H7ClN4O2. The molecule has 0 fully saturated rings. The lowest BCUT2D eigenvalue weighted by Crippen LogP contribution is -1.96. The molecule has 2 rings (SSSR count). The fourth-order valence-electron chi connectivity index (χ4n) is 1.24. The predicted octanol–water partition coefficient (Wildman–Crippen LogP) is 2.71. The molecule has 2 N–H and O–H groups in total. The average molecular weight is 239 g/mol. The summed E-state index contributed by atoms with van der Waals surface area (Å²) in [7, 11) is 0. The van der Waals surface area contributed by atoms with Crippen molar-refractivity contribution in [2.24, 2.45) is 0 Å². The van der Waals surface area contributed by atoms with Gasteiger partial charge in [0.15, 0.2) is 0 Å². The van der Waals surface area contributed by atoms with E-state index in [-0.39, 0.29) is 5.69 Å². The van der Waals surface area contributed by atoms with Crippen LogP contribution in [0.1, 0.15) is 0 Å². The Hall–Kier alpha value is -2.08. The van der Waals surface area contributed by atoms with Gasteiger partial charge in [-0.25, -0.2) is 0 Å². The van der Waals surface area contributed by atoms with Crippen LogP contribution in [0, 0.1) is 10.1 Å². The molecule has 82 valence electrons. The SMILES string of the molecule is O=[N+]([O-])c1ccc(Cl)cc1Nc1cn[nH]c1. The lowest BCUT2D eigenvalue weighted by atomic mass is 10.2. The molecule has 0 atom stereocenters. The molecule has 0 bridgehead atoms. The number of anilines is 2. The molecule has 0 aliphatic carbocycles. The fourth-order valence-corrected chi connectivity index (χ4v) is 1.41. The summed E-state index contributed by atoms with van der Waals surface area (Å²) < 4.78 is 0. The maximum absolute atomic E-state index is 10.8. The molecule has 2 aromatic rings. The summed E-state index contributed by atoms with van der Waals surface area (Å²) in [4.78, 5) is 10.3. The number of nitro benzene ring substituents is 1. The fraction of sp³-hybridized carbons (Fsp3) is 0. The number of nitro groups is 1. The number of aromatic nitrogens is 2. The Balaban J connectivity index is 2.38. The molecule has 1 heterocycles. The molecule has 0 radical (unpaired) electrons. The largest absolute Gasteiger partial charge is 0.347 e. The minimum atomic E-state index is -0.473. The number of nitrogens with one attached hydrogen (secondary N) is 2. The number of benzene rings is 1. The Morgan fingerprint density at radius 2 is 2.31 bits per heavy atom. The number of nitrogens with zero attached hydrogens (tertiary/aromatic N) is 2. The van der Waals surface area contributed by atoms with Gasteiger partial charge in [0.25, 0.3) is 5.69 Å². The van der Waals surface area contributed by atoms with Crippen molar-refractivity contribution in [3.63, 3.8) is 0 Å². The van der Waals surface area contributed by atoms with E-state index >= 15 is 0 Å². The molecule has 0 spiro atoms. The summed E-state index contributed by atoms with van der Waals surface area (Å²) in [5.41, 5.74) is 0.926. The van der Waals surface area contributed by atoms with E-state index in [9.17, 15) is 10.1 Å². The number of halogens is 1. The van der Waals surface area contributed by atoms with E-state index in [0.29, 0.717) is 16.4 Å². The van der Waals surface area contributed by atoms with Gasteiger partial charge in [0.1, 0.15) is 5.69 Å². The molecule has 0 saturated carbocycles. The van der Waals surface area contributed by atoms with Crippen LogP contribution in [0.2, 0.25) is 5.02 Å². The lowest BCUT2D eigenvalue weighted by Gasteiger charge is -2.04. The van der Waals surface area contributed by atoms with Crippen LogP contribution in [0.5, 0.6) is 0 Å². The summed E-state index contributed by atoms with van der Waals surface area (Å²) in [6.07, 6.45) is 3.11. The van der Waals surface area contributed by atoms with Crippen LogP contribution < -0.4 is 5.32 Å². The van der Waals surface area contributed by atoms with E-state index in [4.69, 9.17) is 11.6 Å². The molecule has 16 heavy (non-hydrogen) atoms. The quantitative estimate of drug-likeness (QED) is 0.636. The van der Waals surface area contributed by atoms with Crippen LogP contribution in [0.25, 0.3) is 0 Å². The monoisotopic (exact) mass is 238 g/mol. The van der Waals surface area contributed by atoms with Crippen LogP contribution in [0.15, 0.2) is 30.6 Å². The van der Waals surface area contributed by atoms with Gasteiger partial charge in [-0.3, -0.25) is 15.2 Å². The topological polar surface area (TPSA) is 83.8 Å². The van der Waals surface area contributed by atoms with Gasteiger partial charge in [0.2, 0.25) is 0 Å². The highest BCUT2D eigenvalue weighted by Gasteiger charge is 2.14. The Labute approximate surface area is 95.4 Å². The second kappa shape index (κ2) is 4.19. The summed E-state index contributed by atoms with van der Waals surface area (Å²) in [6, 6.07) is 4.32. The number of H-pyrrole nitrogens is 1. The van der Waals surface area contributed by atoms with Crippen LogP contribution >= 0.6 is 11.6 Å². The minimum Gasteiger partial charge on any atom is -0.347 e. The van der Waals surface area contributed by atoms with Crippen molar-refractivity contribution in [2.45, 2.75) is 0 Å². The number of rotatable bonds is 3. The number of hydrogen-bond acceptors (Lipinski definition) is 4. The molecule has 0 unspecified atom stereocenters. The number of aromatic amines is 1. The van der Waals surface area contributed by atoms with E-state index in [0.717, 1.165) is 0 Å². The first-order chi connectivity index (χ1) is 7.66. The van der Waals surface area contributed by atoms with Crippen molar-refractivity contribution in [2.75, 3.05) is 5.32 Å². The van der Waals surface area contributed by atoms with Gasteiger partial charge in [0, 0.05) is 17.3 Å². The van der Waals surface area contributed by atoms with Crippen molar-refractivity contribution in [3.05, 3.63) is 45.7 Å². The van der Waals surface area contributed by atoms with Crippen LogP contribution in [-0.4, -0.2) is 15.1 Å². The molecule has 1 aromatic heterocycles. The third-order valence-electron chi connectivity index (χ3n) is 1.93. The first-order valence-corrected chi connectivity index (χ1v) is 4.74. The van der Waals surface area contributed by atoms with Crippen molar-refractivity contribution < 1.29 is 4.92 Å². The third kappa shape index (κ3) is 2.12. The van der Waals surface area contributed by atoms with Gasteiger partial charge < -0.3 is 5.32 Å². The molecule has 1 aromatic carbocycles. The zero-order valence-electron chi connectivity index (χ0n) is 7.98. The second-order valence-corrected chi connectivity index (χ2v) is 3.47. The van der Waals surface area contributed by atoms with Crippen LogP contribution in [0.3, 0.4) is 0 Å². The zero-order valence-corrected chi connectivity index (χ0v) is 8.73. The smallest absolute Gasteiger partial charge is 0.292 e. The standard InChI is InChI=1S/C9H7ClN4O2/c10-6-1-2-9(14(15)16)8(3-6)13-7-4-11-12-5-7/h1-5,13H,(H,11,12). The minimum absolute atomic E-state index is 0.0365. The van der Waals surface area contributed by atoms with Gasteiger partial charge >= 0.3 is 0 Å². The lowest BCUT2D eigenvalue weighted by molar-refractivity contribution is -0.383. The summed E-state index contributed by atoms with van der Waals surface area (Å²) in [5.74, 6) is 0. The molecule has 0 aliphatic rings. The molecule has 0 amide bonds. The molecule has 7 heteroatoms. The molecule has 0 aliphatic heterocycles. The Morgan fingerprint density at radius 3 is 2.94 bits per heavy atom. The average Bonchev–Trinajstić information content (AvgIpc) is 2.70. The van der Waals surface area contributed by atoms with Gasteiger partial charge in [-0.1, -0.05) is 11.6 Å². The summed E-state index contributed by atoms with van der Waals surface area (Å²) in [5, 5.41) is 20.4. The second-order valence-electron chi connectivity index (χ2n) is 3.03. The normalized spacial score (nSPS) is 10.1. The van der Waals surface area contributed by atoms with Gasteiger partial charge in [-0.2, -0.15) is 5.10 Å². The summed E-state index contributed by atoms with van der Waals surface area (Å²) in [6.45, 7) is 0. The third-order valence-corrected chi connectivity index (χ3v) is 2.17. The van der Waals surface area contributed by atoms with Gasteiger partial charge in [0.05, 0.1) is 16.8 Å². The predicted molar refractivity (Wildman–Crippen MR) is 60.0 cm³/mol. The Bertz CT molecular complexity index is 512. The van der Waals surface area contributed by atoms with Crippen LogP contribution in [-0.2, 0) is 0 Å². The molecule has 6 nitrogen and oxygen atoms in total. The van der Waals surface area contributed by atoms with E-state index in [1.807, 2.05) is 0 Å². The Kier molecular flexibility index (Phi) is 2.74. The summed E-state index contributed by atoms with van der Waals surface area (Å²) >= 11 is 5.78. The highest BCUT2D eigenvalue weighted by Crippen LogP contribution is 2.29. The van der Waals surface area contributed by atoms with E-state index in [1.54, 1.807) is 6.20 Å². The van der Waals surface area contributed by atoms with Gasteiger partial charge in [-0.05, 0) is 12.1 Å². The highest BCUT2D eigenvalue weighted by atomic mass is 35.5. The highest BCUT2D eigenvalue weighted by molar-refractivity contribution is 6.31. The first-order valence-electron chi connectivity index (χ1n) is 4.36. The maximum Gasteiger partial charge on any atom is 0.292 e. The van der Waals surface area contributed by atoms with Crippen molar-refractivity contribution >= 4 is 28.7 Å². The van der Waals surface area contributed by atoms with Crippen LogP contribution in [0.4, 0.5) is 17.1 Å². The molecular weight excluding hydrogens is 232 g/mol. The van der Waals surface area contributed by atoms with Crippen molar-refractivity contribution in [1.29, 1.82) is 0 Å². The first kappa shape index (κ1) is 10.4. The Morgan fingerprint density at radius 1 is 1.50 bits per heavy atom. The number of hydrogen-bond donors (Lipinski definition) is 2. The maximum atomic E-state index is 10.8. The van der Waals surface area contributed by atoms with E-state index in [1.165, 1.54) is 24.4 Å². The van der Waals surface area contributed by atoms with E-state index < -0.39 is 4.92 Å². The van der Waals surface area contributed by atoms with E-state index in [2.05, 4.69) is 15.5 Å². The zero-order chi connectivity index (χ0) is 11.5. The van der Waals surface area contributed by atoms with Gasteiger partial charge in [-0.15, -0.1) is 0 Å². The van der Waals surface area contributed by atoms with Crippen molar-refractivity contribution in [3.8, 4) is 0 Å². The van der Waals surface area contributed by atoms with Crippen molar-refractivity contribution in [1.82, 2.24) is 10.2 Å².